The molecule has 26 heavy (non-hydrogen) atoms. The van der Waals surface area contributed by atoms with Crippen LogP contribution < -0.4 is 4.90 Å². The number of likely N-dealkylation sites (N-methyl/N-ethyl adjacent to an activating group) is 1. The molecule has 0 saturated carbocycles. The first kappa shape index (κ1) is 17.3. The van der Waals surface area contributed by atoms with Gasteiger partial charge in [-0.1, -0.05) is 6.07 Å². The van der Waals surface area contributed by atoms with Gasteiger partial charge in [-0.15, -0.1) is 22.7 Å². The molecule has 2 aromatic heterocycles. The monoisotopic (exact) mass is 384 g/mol. The summed E-state index contributed by atoms with van der Waals surface area (Å²) in [6, 6.07) is 6.30. The molecule has 1 aliphatic rings. The Hall–Kier alpha value is -2.09. The van der Waals surface area contributed by atoms with Crippen molar-refractivity contribution in [2.45, 2.75) is 19.9 Å². The predicted octanol–water partition coefficient (Wildman–Crippen LogP) is 3.60. The van der Waals surface area contributed by atoms with Crippen molar-refractivity contribution in [1.29, 1.82) is 0 Å². The van der Waals surface area contributed by atoms with Crippen molar-refractivity contribution in [2.75, 3.05) is 25.0 Å². The van der Waals surface area contributed by atoms with E-state index in [9.17, 15) is 4.79 Å². The topological polar surface area (TPSA) is 49.3 Å². The van der Waals surface area contributed by atoms with Crippen LogP contribution in [0, 0.1) is 6.92 Å². The summed E-state index contributed by atoms with van der Waals surface area (Å²) in [6.07, 6.45) is 0.897. The SMILES string of the molecule is Cc1nc(-c2ccc3c(c2)CCN3C(=O)CN(C)Cc2cscn2)cs1. The fourth-order valence-corrected chi connectivity index (χ4v) is 4.45. The van der Waals surface area contributed by atoms with E-state index in [0.29, 0.717) is 13.1 Å². The second kappa shape index (κ2) is 7.26. The summed E-state index contributed by atoms with van der Waals surface area (Å²) in [7, 11) is 1.96. The molecule has 0 N–H and O–H groups in total. The quantitative estimate of drug-likeness (QED) is 0.674. The normalized spacial score (nSPS) is 13.4. The summed E-state index contributed by atoms with van der Waals surface area (Å²) in [5.41, 5.74) is 7.24. The fourth-order valence-electron chi connectivity index (χ4n) is 3.28. The third-order valence-corrected chi connectivity index (χ3v) is 5.92. The lowest BCUT2D eigenvalue weighted by Gasteiger charge is -2.21. The van der Waals surface area contributed by atoms with Gasteiger partial charge in [0.1, 0.15) is 0 Å². The van der Waals surface area contributed by atoms with Crippen molar-refractivity contribution in [3.8, 4) is 11.3 Å². The van der Waals surface area contributed by atoms with Gasteiger partial charge >= 0.3 is 0 Å². The minimum absolute atomic E-state index is 0.138. The van der Waals surface area contributed by atoms with Crippen LogP contribution in [0.4, 0.5) is 5.69 Å². The highest BCUT2D eigenvalue weighted by molar-refractivity contribution is 7.09. The van der Waals surface area contributed by atoms with Gasteiger partial charge in [-0.3, -0.25) is 9.69 Å². The number of carbonyl (C=O) groups is 1. The van der Waals surface area contributed by atoms with Crippen LogP contribution in [0.1, 0.15) is 16.3 Å². The van der Waals surface area contributed by atoms with E-state index in [-0.39, 0.29) is 5.91 Å². The van der Waals surface area contributed by atoms with Crippen LogP contribution >= 0.6 is 22.7 Å². The zero-order chi connectivity index (χ0) is 18.1. The number of benzene rings is 1. The number of thiazole rings is 2. The maximum atomic E-state index is 12.8. The van der Waals surface area contributed by atoms with E-state index < -0.39 is 0 Å². The van der Waals surface area contributed by atoms with Crippen molar-refractivity contribution < 1.29 is 4.79 Å². The fraction of sp³-hybridized carbons (Fsp3) is 0.316. The molecule has 0 fully saturated rings. The van der Waals surface area contributed by atoms with Gasteiger partial charge in [0.05, 0.1) is 28.5 Å². The van der Waals surface area contributed by atoms with Gasteiger partial charge in [0.2, 0.25) is 5.91 Å². The molecule has 1 aliphatic heterocycles. The summed E-state index contributed by atoms with van der Waals surface area (Å²) in [4.78, 5) is 25.5. The van der Waals surface area contributed by atoms with Crippen LogP contribution in [-0.4, -0.2) is 40.9 Å². The van der Waals surface area contributed by atoms with E-state index in [1.165, 1.54) is 5.56 Å². The van der Waals surface area contributed by atoms with Crippen LogP contribution in [0.3, 0.4) is 0 Å². The van der Waals surface area contributed by atoms with Crippen LogP contribution in [0.25, 0.3) is 11.3 Å². The molecular weight excluding hydrogens is 364 g/mol. The molecule has 0 saturated heterocycles. The molecule has 7 heteroatoms. The average molecular weight is 385 g/mol. The summed E-state index contributed by atoms with van der Waals surface area (Å²) in [5.74, 6) is 0.138. The molecule has 0 atom stereocenters. The Balaban J connectivity index is 1.46. The van der Waals surface area contributed by atoms with Crippen molar-refractivity contribution in [3.05, 3.63) is 50.7 Å². The maximum absolute atomic E-state index is 12.8. The van der Waals surface area contributed by atoms with Crippen LogP contribution in [0.15, 0.2) is 34.5 Å². The molecule has 0 spiro atoms. The van der Waals surface area contributed by atoms with Crippen molar-refractivity contribution in [3.63, 3.8) is 0 Å². The Bertz CT molecular complexity index is 920. The molecule has 0 bridgehead atoms. The van der Waals surface area contributed by atoms with Gasteiger partial charge in [-0.2, -0.15) is 0 Å². The first-order valence-corrected chi connectivity index (χ1v) is 10.3. The predicted molar refractivity (Wildman–Crippen MR) is 107 cm³/mol. The molecule has 5 nitrogen and oxygen atoms in total. The number of fused-ring (bicyclic) bond motifs is 1. The van der Waals surface area contributed by atoms with Crippen LogP contribution in [0.2, 0.25) is 0 Å². The third-order valence-electron chi connectivity index (χ3n) is 4.51. The summed E-state index contributed by atoms with van der Waals surface area (Å²) in [6.45, 7) is 3.85. The summed E-state index contributed by atoms with van der Waals surface area (Å²) < 4.78 is 0. The molecule has 0 radical (unpaired) electrons. The zero-order valence-electron chi connectivity index (χ0n) is 14.8. The number of hydrogen-bond acceptors (Lipinski definition) is 6. The molecular formula is C19H20N4OS2. The number of carbonyl (C=O) groups excluding carboxylic acids is 1. The van der Waals surface area contributed by atoms with Crippen LogP contribution in [-0.2, 0) is 17.8 Å². The Kier molecular flexibility index (Phi) is 4.84. The van der Waals surface area contributed by atoms with Gasteiger partial charge in [-0.25, -0.2) is 9.97 Å². The van der Waals surface area contributed by atoms with E-state index >= 15 is 0 Å². The number of amides is 1. The first-order chi connectivity index (χ1) is 12.6. The van der Waals surface area contributed by atoms with Crippen molar-refractivity contribution in [1.82, 2.24) is 14.9 Å². The molecule has 1 amide bonds. The molecule has 3 heterocycles. The minimum Gasteiger partial charge on any atom is -0.311 e. The molecule has 134 valence electrons. The summed E-state index contributed by atoms with van der Waals surface area (Å²) >= 11 is 3.24. The van der Waals surface area contributed by atoms with Crippen molar-refractivity contribution >= 4 is 34.3 Å². The lowest BCUT2D eigenvalue weighted by molar-refractivity contribution is -0.119. The van der Waals surface area contributed by atoms with Gasteiger partial charge in [-0.05, 0) is 38.1 Å². The minimum atomic E-state index is 0.138. The first-order valence-electron chi connectivity index (χ1n) is 8.51. The molecule has 1 aromatic carbocycles. The van der Waals surface area contributed by atoms with Gasteiger partial charge in [0, 0.05) is 35.1 Å². The Labute approximate surface area is 160 Å². The highest BCUT2D eigenvalue weighted by Gasteiger charge is 2.25. The zero-order valence-corrected chi connectivity index (χ0v) is 16.4. The van der Waals surface area contributed by atoms with Crippen LogP contribution in [0.5, 0.6) is 0 Å². The third kappa shape index (κ3) is 3.56. The Morgan fingerprint density at radius 1 is 1.35 bits per heavy atom. The van der Waals surface area contributed by atoms with E-state index in [0.717, 1.165) is 40.6 Å². The maximum Gasteiger partial charge on any atom is 0.241 e. The van der Waals surface area contributed by atoms with Gasteiger partial charge in [0.15, 0.2) is 0 Å². The molecule has 4 rings (SSSR count). The number of anilines is 1. The standard InChI is InChI=1S/C19H20N4OS2/c1-13-21-17(11-26-13)14-3-4-18-15(7-14)5-6-23(18)19(24)9-22(2)8-16-10-25-12-20-16/h3-4,7,10-12H,5-6,8-9H2,1-2H3. The average Bonchev–Trinajstić information content (AvgIpc) is 3.34. The van der Waals surface area contributed by atoms with Gasteiger partial charge < -0.3 is 4.90 Å². The Morgan fingerprint density at radius 2 is 2.23 bits per heavy atom. The highest BCUT2D eigenvalue weighted by Crippen LogP contribution is 2.32. The number of aryl methyl sites for hydroxylation is 1. The number of rotatable bonds is 5. The largest absolute Gasteiger partial charge is 0.311 e. The smallest absolute Gasteiger partial charge is 0.241 e. The summed E-state index contributed by atoms with van der Waals surface area (Å²) in [5, 5.41) is 5.18. The molecule has 0 unspecified atom stereocenters. The number of aromatic nitrogens is 2. The lowest BCUT2D eigenvalue weighted by atomic mass is 10.1. The second-order valence-corrected chi connectivity index (χ2v) is 8.32. The highest BCUT2D eigenvalue weighted by atomic mass is 32.1. The second-order valence-electron chi connectivity index (χ2n) is 6.54. The number of nitrogens with zero attached hydrogens (tertiary/aromatic N) is 4. The van der Waals surface area contributed by atoms with E-state index in [4.69, 9.17) is 0 Å². The lowest BCUT2D eigenvalue weighted by Crippen LogP contribution is -2.37. The van der Waals surface area contributed by atoms with Gasteiger partial charge in [0.25, 0.3) is 0 Å². The molecule has 0 aliphatic carbocycles. The van der Waals surface area contributed by atoms with E-state index in [2.05, 4.69) is 33.5 Å². The number of hydrogen-bond donors (Lipinski definition) is 0. The van der Waals surface area contributed by atoms with Crippen molar-refractivity contribution in [2.24, 2.45) is 0 Å². The van der Waals surface area contributed by atoms with E-state index in [1.54, 1.807) is 22.7 Å². The molecule has 3 aromatic rings. The Morgan fingerprint density at radius 3 is 2.96 bits per heavy atom. The van der Waals surface area contributed by atoms with E-state index in [1.807, 2.05) is 34.7 Å².